The Bertz CT molecular complexity index is 1200. The molecule has 0 atom stereocenters. The van der Waals surface area contributed by atoms with Crippen LogP contribution in [0.4, 0.5) is 11.5 Å². The maximum Gasteiger partial charge on any atom is 0.221 e. The molecule has 9 nitrogen and oxygen atoms in total. The summed E-state index contributed by atoms with van der Waals surface area (Å²) in [6, 6.07) is 18.4. The number of nitrogens with zero attached hydrogens (tertiary/aromatic N) is 4. The number of aromatic nitrogens is 2. The Labute approximate surface area is 224 Å². The largest absolute Gasteiger partial charge is 0.492 e. The van der Waals surface area contributed by atoms with Crippen LogP contribution < -0.4 is 15.4 Å². The van der Waals surface area contributed by atoms with Crippen molar-refractivity contribution in [2.45, 2.75) is 19.4 Å². The molecule has 0 unspecified atom stereocenters. The fourth-order valence-electron chi connectivity index (χ4n) is 4.76. The van der Waals surface area contributed by atoms with Crippen LogP contribution in [0.15, 0.2) is 60.9 Å². The first-order valence-corrected chi connectivity index (χ1v) is 13.4. The van der Waals surface area contributed by atoms with Crippen LogP contribution in [0.5, 0.6) is 5.75 Å². The molecule has 5 rings (SSSR count). The van der Waals surface area contributed by atoms with Crippen molar-refractivity contribution in [2.24, 2.45) is 0 Å². The minimum absolute atomic E-state index is 0.0409. The average Bonchev–Trinajstić information content (AvgIpc) is 2.93. The Balaban J connectivity index is 1.33. The van der Waals surface area contributed by atoms with Gasteiger partial charge in [0.2, 0.25) is 5.91 Å². The summed E-state index contributed by atoms with van der Waals surface area (Å²) < 4.78 is 11.4. The van der Waals surface area contributed by atoms with Gasteiger partial charge in [0.05, 0.1) is 25.5 Å². The maximum absolute atomic E-state index is 12.6. The lowest BCUT2D eigenvalue weighted by atomic mass is 10.1. The highest BCUT2D eigenvalue weighted by atomic mass is 16.5. The van der Waals surface area contributed by atoms with Gasteiger partial charge in [0.15, 0.2) is 0 Å². The summed E-state index contributed by atoms with van der Waals surface area (Å²) in [5.41, 5.74) is 4.26. The Morgan fingerprint density at radius 3 is 2.63 bits per heavy atom. The number of carbonyl (C=O) groups is 1. The summed E-state index contributed by atoms with van der Waals surface area (Å²) in [7, 11) is 0. The van der Waals surface area contributed by atoms with Crippen LogP contribution in [0.3, 0.4) is 0 Å². The van der Waals surface area contributed by atoms with E-state index in [-0.39, 0.29) is 5.91 Å². The molecular formula is C29H36N6O3. The Morgan fingerprint density at radius 1 is 0.868 bits per heavy atom. The molecule has 1 amide bonds. The van der Waals surface area contributed by atoms with E-state index in [1.54, 1.807) is 6.33 Å². The first-order chi connectivity index (χ1) is 18.7. The molecule has 2 aliphatic rings. The number of amides is 1. The molecule has 0 aliphatic carbocycles. The molecule has 0 spiro atoms. The summed E-state index contributed by atoms with van der Waals surface area (Å²) in [4.78, 5) is 26.3. The van der Waals surface area contributed by atoms with Gasteiger partial charge in [-0.2, -0.15) is 0 Å². The minimum atomic E-state index is 0.0409. The van der Waals surface area contributed by atoms with E-state index in [1.807, 2.05) is 30.3 Å². The van der Waals surface area contributed by atoms with Crippen molar-refractivity contribution in [1.29, 1.82) is 0 Å². The second-order valence-electron chi connectivity index (χ2n) is 9.72. The van der Waals surface area contributed by atoms with Gasteiger partial charge in [-0.05, 0) is 23.3 Å². The van der Waals surface area contributed by atoms with Crippen molar-refractivity contribution in [3.8, 4) is 5.75 Å². The van der Waals surface area contributed by atoms with E-state index in [2.05, 4.69) is 54.7 Å². The van der Waals surface area contributed by atoms with E-state index < -0.39 is 0 Å². The van der Waals surface area contributed by atoms with Crippen molar-refractivity contribution in [3.05, 3.63) is 77.7 Å². The molecule has 38 heavy (non-hydrogen) atoms. The van der Waals surface area contributed by atoms with E-state index in [0.717, 1.165) is 68.9 Å². The van der Waals surface area contributed by atoms with Gasteiger partial charge in [0.1, 0.15) is 24.5 Å². The average molecular weight is 517 g/mol. The molecule has 0 saturated carbocycles. The lowest BCUT2D eigenvalue weighted by Crippen LogP contribution is -2.42. The molecule has 2 aromatic carbocycles. The van der Waals surface area contributed by atoms with Crippen molar-refractivity contribution in [1.82, 2.24) is 25.1 Å². The summed E-state index contributed by atoms with van der Waals surface area (Å²) in [5.74, 6) is 1.51. The predicted octanol–water partition coefficient (Wildman–Crippen LogP) is 2.84. The van der Waals surface area contributed by atoms with Crippen LogP contribution in [0, 0.1) is 0 Å². The number of carbonyl (C=O) groups excluding carboxylic acids is 1. The van der Waals surface area contributed by atoms with Gasteiger partial charge in [-0.15, -0.1) is 0 Å². The third-order valence-electron chi connectivity index (χ3n) is 6.80. The zero-order chi connectivity index (χ0) is 26.0. The minimum Gasteiger partial charge on any atom is -0.492 e. The number of fused-ring (bicyclic) bond motifs is 6. The Morgan fingerprint density at radius 2 is 1.71 bits per heavy atom. The summed E-state index contributed by atoms with van der Waals surface area (Å²) in [6.07, 6.45) is 2.76. The monoisotopic (exact) mass is 516 g/mol. The number of benzene rings is 2. The van der Waals surface area contributed by atoms with Gasteiger partial charge in [-0.3, -0.25) is 14.6 Å². The molecule has 200 valence electrons. The van der Waals surface area contributed by atoms with Crippen molar-refractivity contribution >= 4 is 17.4 Å². The lowest BCUT2D eigenvalue weighted by molar-refractivity contribution is -0.121. The predicted molar refractivity (Wildman–Crippen MR) is 147 cm³/mol. The first kappa shape index (κ1) is 26.1. The molecule has 3 heterocycles. The van der Waals surface area contributed by atoms with E-state index in [9.17, 15) is 4.79 Å². The highest BCUT2D eigenvalue weighted by Crippen LogP contribution is 2.21. The fourth-order valence-corrected chi connectivity index (χ4v) is 4.76. The molecule has 1 aromatic heterocycles. The highest BCUT2D eigenvalue weighted by molar-refractivity contribution is 5.76. The van der Waals surface area contributed by atoms with Crippen LogP contribution >= 0.6 is 0 Å². The van der Waals surface area contributed by atoms with Gasteiger partial charge in [-0.1, -0.05) is 30.3 Å². The van der Waals surface area contributed by atoms with Gasteiger partial charge < -0.3 is 20.1 Å². The zero-order valence-electron chi connectivity index (χ0n) is 21.8. The van der Waals surface area contributed by atoms with Crippen molar-refractivity contribution in [2.75, 3.05) is 64.4 Å². The smallest absolute Gasteiger partial charge is 0.221 e. The molecule has 0 radical (unpaired) electrons. The van der Waals surface area contributed by atoms with E-state index >= 15 is 0 Å². The lowest BCUT2D eigenvalue weighted by Gasteiger charge is -2.30. The van der Waals surface area contributed by atoms with Crippen LogP contribution in [-0.2, 0) is 22.5 Å². The standard InChI is InChI=1S/C29H36N6O3/c36-29-7-9-35(11-10-34-12-15-37-16-13-34)21-24-4-1-3-23(17-24)18-26-20-28(32-22-31-26)33-25-5-2-6-27(19-25)38-14-8-30-29/h1-6,17,19-20,22H,7-16,18,21H2,(H,30,36)(H,31,32,33). The quantitative estimate of drug-likeness (QED) is 0.549. The number of hydrogen-bond acceptors (Lipinski definition) is 8. The molecule has 1 fully saturated rings. The van der Waals surface area contributed by atoms with Crippen LogP contribution in [0.2, 0.25) is 0 Å². The van der Waals surface area contributed by atoms with E-state index in [4.69, 9.17) is 9.47 Å². The highest BCUT2D eigenvalue weighted by Gasteiger charge is 2.15. The second kappa shape index (κ2) is 13.3. The van der Waals surface area contributed by atoms with Crippen LogP contribution in [0.25, 0.3) is 0 Å². The maximum atomic E-state index is 12.6. The Hall–Kier alpha value is -3.53. The van der Waals surface area contributed by atoms with Crippen LogP contribution in [0.1, 0.15) is 23.2 Å². The SMILES string of the molecule is O=C1CCN(CCN2CCOCC2)Cc2cccc(c2)Cc2cc(ncn2)Nc2cccc(c2)OCCN1. The topological polar surface area (TPSA) is 91.9 Å². The summed E-state index contributed by atoms with van der Waals surface area (Å²) >= 11 is 0. The molecule has 6 bridgehead atoms. The van der Waals surface area contributed by atoms with Gasteiger partial charge in [0, 0.05) is 69.9 Å². The number of ether oxygens (including phenoxy) is 2. The van der Waals surface area contributed by atoms with E-state index in [1.165, 1.54) is 11.1 Å². The van der Waals surface area contributed by atoms with E-state index in [0.29, 0.717) is 32.5 Å². The first-order valence-electron chi connectivity index (χ1n) is 13.4. The molecule has 1 saturated heterocycles. The molecular weight excluding hydrogens is 480 g/mol. The number of hydrogen-bond donors (Lipinski definition) is 2. The zero-order valence-corrected chi connectivity index (χ0v) is 21.8. The second-order valence-corrected chi connectivity index (χ2v) is 9.72. The third kappa shape index (κ3) is 7.98. The fraction of sp³-hybridized carbons (Fsp3) is 0.414. The van der Waals surface area contributed by atoms with Crippen LogP contribution in [-0.4, -0.2) is 84.8 Å². The van der Waals surface area contributed by atoms with Crippen molar-refractivity contribution in [3.63, 3.8) is 0 Å². The Kier molecular flexibility index (Phi) is 9.15. The summed E-state index contributed by atoms with van der Waals surface area (Å²) in [5, 5.41) is 6.35. The summed E-state index contributed by atoms with van der Waals surface area (Å²) in [6.45, 7) is 7.72. The molecule has 2 aliphatic heterocycles. The molecule has 9 heteroatoms. The number of nitrogens with one attached hydrogen (secondary N) is 2. The number of anilines is 2. The number of rotatable bonds is 3. The molecule has 2 N–H and O–H groups in total. The van der Waals surface area contributed by atoms with Crippen molar-refractivity contribution < 1.29 is 14.3 Å². The van der Waals surface area contributed by atoms with Gasteiger partial charge >= 0.3 is 0 Å². The van der Waals surface area contributed by atoms with Gasteiger partial charge in [0.25, 0.3) is 0 Å². The third-order valence-corrected chi connectivity index (χ3v) is 6.80. The molecule has 3 aromatic rings. The number of morpholine rings is 1. The van der Waals surface area contributed by atoms with Gasteiger partial charge in [-0.25, -0.2) is 9.97 Å². The normalized spacial score (nSPS) is 18.1.